The number of rotatable bonds is 7. The van der Waals surface area contributed by atoms with Gasteiger partial charge >= 0.3 is 0 Å². The van der Waals surface area contributed by atoms with Gasteiger partial charge in [-0.2, -0.15) is 0 Å². The Hall–Kier alpha value is -2.47. The Morgan fingerprint density at radius 1 is 0.964 bits per heavy atom. The number of amides is 2. The highest BCUT2D eigenvalue weighted by Crippen LogP contribution is 2.15. The first-order chi connectivity index (χ1) is 13.5. The van der Waals surface area contributed by atoms with Gasteiger partial charge in [0.1, 0.15) is 5.75 Å². The van der Waals surface area contributed by atoms with E-state index in [-0.39, 0.29) is 17.6 Å². The zero-order valence-electron chi connectivity index (χ0n) is 16.1. The van der Waals surface area contributed by atoms with Gasteiger partial charge in [0.15, 0.2) is 0 Å². The van der Waals surface area contributed by atoms with Crippen LogP contribution in [-0.4, -0.2) is 39.8 Å². The number of carbonyl (C=O) groups is 2. The van der Waals surface area contributed by atoms with E-state index in [1.54, 1.807) is 12.1 Å². The summed E-state index contributed by atoms with van der Waals surface area (Å²) >= 11 is 0. The average molecular weight is 399 g/mol. The van der Waals surface area contributed by atoms with E-state index in [1.807, 2.05) is 41.3 Å². The van der Waals surface area contributed by atoms with Gasteiger partial charge in [-0.25, -0.2) is 0 Å². The number of anilines is 1. The molecule has 2 amide bonds. The molecule has 5 nitrogen and oxygen atoms in total. The summed E-state index contributed by atoms with van der Waals surface area (Å²) in [6.45, 7) is 3.72. The molecule has 1 N–H and O–H groups in total. The molecule has 0 bridgehead atoms. The zero-order valence-corrected chi connectivity index (χ0v) is 17.0. The van der Waals surface area contributed by atoms with Crippen molar-refractivity contribution in [1.29, 1.82) is 0 Å². The Kier molecular flexibility index (Phi) is 6.98. The molecule has 0 aromatic heterocycles. The number of nitrogens with zero attached hydrogens (tertiary/aromatic N) is 1. The zero-order chi connectivity index (χ0) is 19.9. The maximum Gasteiger partial charge on any atom is 0.253 e. The molecule has 1 aliphatic heterocycles. The minimum absolute atomic E-state index is 0.0516. The van der Waals surface area contributed by atoms with Crippen LogP contribution in [-0.2, 0) is 27.8 Å². The average Bonchev–Trinajstić information content (AvgIpc) is 3.23. The van der Waals surface area contributed by atoms with Gasteiger partial charge in [-0.3, -0.25) is 13.8 Å². The number of hydrogen-bond acceptors (Lipinski definition) is 3. The van der Waals surface area contributed by atoms with Crippen molar-refractivity contribution in [3.8, 4) is 0 Å². The van der Waals surface area contributed by atoms with E-state index >= 15 is 0 Å². The summed E-state index contributed by atoms with van der Waals surface area (Å²) in [5, 5.41) is 2.78. The first kappa shape index (κ1) is 20.3. The normalized spacial score (nSPS) is 14.7. The van der Waals surface area contributed by atoms with Crippen LogP contribution in [0.2, 0.25) is 0 Å². The Balaban J connectivity index is 1.49. The van der Waals surface area contributed by atoms with Gasteiger partial charge in [0, 0.05) is 40.9 Å². The molecule has 0 spiro atoms. The van der Waals surface area contributed by atoms with Crippen LogP contribution < -0.4 is 5.32 Å². The van der Waals surface area contributed by atoms with Crippen LogP contribution in [0.4, 0.5) is 5.69 Å². The molecule has 28 heavy (non-hydrogen) atoms. The molecule has 0 aliphatic carbocycles. The number of aryl methyl sites for hydroxylation is 1. The van der Waals surface area contributed by atoms with Crippen LogP contribution in [0, 0.1) is 0 Å². The van der Waals surface area contributed by atoms with Crippen LogP contribution in [0.3, 0.4) is 0 Å². The topological polar surface area (TPSA) is 66.5 Å². The van der Waals surface area contributed by atoms with Crippen LogP contribution in [0.25, 0.3) is 0 Å². The highest BCUT2D eigenvalue weighted by atomic mass is 32.2. The lowest BCUT2D eigenvalue weighted by molar-refractivity contribution is -0.113. The summed E-state index contributed by atoms with van der Waals surface area (Å²) in [5.74, 6) is 0.0340. The van der Waals surface area contributed by atoms with Crippen molar-refractivity contribution in [2.75, 3.05) is 24.2 Å². The van der Waals surface area contributed by atoms with E-state index in [0.29, 0.717) is 17.0 Å². The summed E-state index contributed by atoms with van der Waals surface area (Å²) in [5.41, 5.74) is 3.43. The number of carbonyl (C=O) groups excluding carboxylic acids is 2. The molecule has 1 atom stereocenters. The van der Waals surface area contributed by atoms with Crippen molar-refractivity contribution in [3.05, 3.63) is 65.2 Å². The fourth-order valence-electron chi connectivity index (χ4n) is 3.25. The second-order valence-electron chi connectivity index (χ2n) is 7.02. The van der Waals surface area contributed by atoms with Crippen molar-refractivity contribution < 1.29 is 13.8 Å². The molecule has 0 saturated carbocycles. The van der Waals surface area contributed by atoms with Crippen LogP contribution in [0.5, 0.6) is 0 Å². The van der Waals surface area contributed by atoms with Crippen molar-refractivity contribution in [3.63, 3.8) is 0 Å². The SMILES string of the molecule is CCc1ccc(NC(=O)CS(=O)Cc2ccc(C(=O)N3CCCC3)cc2)cc1. The first-order valence-corrected chi connectivity index (χ1v) is 11.2. The largest absolute Gasteiger partial charge is 0.339 e. The fraction of sp³-hybridized carbons (Fsp3) is 0.364. The van der Waals surface area contributed by atoms with Crippen LogP contribution in [0.1, 0.15) is 41.3 Å². The standard InChI is InChI=1S/C22H26N2O3S/c1-2-17-7-11-20(12-8-17)23-21(25)16-28(27)15-18-5-9-19(10-6-18)22(26)24-13-3-4-14-24/h5-12H,2-4,13-16H2,1H3,(H,23,25). The van der Waals surface area contributed by atoms with E-state index in [4.69, 9.17) is 0 Å². The number of nitrogens with one attached hydrogen (secondary N) is 1. The van der Waals surface area contributed by atoms with Crippen molar-refractivity contribution in [2.24, 2.45) is 0 Å². The summed E-state index contributed by atoms with van der Waals surface area (Å²) < 4.78 is 12.3. The van der Waals surface area contributed by atoms with Gasteiger partial charge in [-0.05, 0) is 54.7 Å². The van der Waals surface area contributed by atoms with Gasteiger partial charge in [-0.15, -0.1) is 0 Å². The van der Waals surface area contributed by atoms with Gasteiger partial charge in [0.05, 0.1) is 0 Å². The van der Waals surface area contributed by atoms with Crippen LogP contribution in [0.15, 0.2) is 48.5 Å². The Morgan fingerprint density at radius 2 is 1.57 bits per heavy atom. The molecule has 1 unspecified atom stereocenters. The van der Waals surface area contributed by atoms with Crippen molar-refractivity contribution >= 4 is 28.3 Å². The number of benzene rings is 2. The summed E-state index contributed by atoms with van der Waals surface area (Å²) in [4.78, 5) is 26.3. The molecular formula is C22H26N2O3S. The maximum absolute atomic E-state index is 12.4. The predicted octanol–water partition coefficient (Wildman–Crippen LogP) is 3.37. The third-order valence-electron chi connectivity index (χ3n) is 4.86. The molecular weight excluding hydrogens is 372 g/mol. The maximum atomic E-state index is 12.4. The number of likely N-dealkylation sites (tertiary alicyclic amines) is 1. The molecule has 3 rings (SSSR count). The van der Waals surface area contributed by atoms with Gasteiger partial charge < -0.3 is 10.2 Å². The lowest BCUT2D eigenvalue weighted by Crippen LogP contribution is -2.27. The third kappa shape index (κ3) is 5.52. The summed E-state index contributed by atoms with van der Waals surface area (Å²) in [6, 6.07) is 14.9. The monoisotopic (exact) mass is 398 g/mol. The Bertz CT molecular complexity index is 841. The lowest BCUT2D eigenvalue weighted by Gasteiger charge is -2.15. The smallest absolute Gasteiger partial charge is 0.253 e. The minimum atomic E-state index is -1.31. The second kappa shape index (κ2) is 9.64. The predicted molar refractivity (Wildman–Crippen MR) is 113 cm³/mol. The van der Waals surface area contributed by atoms with E-state index in [2.05, 4.69) is 12.2 Å². The highest BCUT2D eigenvalue weighted by Gasteiger charge is 2.19. The van der Waals surface area contributed by atoms with E-state index in [1.165, 1.54) is 5.56 Å². The van der Waals surface area contributed by atoms with Crippen LogP contribution >= 0.6 is 0 Å². The quantitative estimate of drug-likeness (QED) is 0.778. The third-order valence-corrected chi connectivity index (χ3v) is 6.10. The molecule has 1 heterocycles. The molecule has 1 aliphatic rings. The van der Waals surface area contributed by atoms with Gasteiger partial charge in [-0.1, -0.05) is 31.2 Å². The Labute approximate surface area is 168 Å². The van der Waals surface area contributed by atoms with Crippen molar-refractivity contribution in [2.45, 2.75) is 31.9 Å². The molecule has 1 saturated heterocycles. The fourth-order valence-corrected chi connectivity index (χ4v) is 4.28. The molecule has 2 aromatic carbocycles. The van der Waals surface area contributed by atoms with Gasteiger partial charge in [0.2, 0.25) is 5.91 Å². The van der Waals surface area contributed by atoms with E-state index in [9.17, 15) is 13.8 Å². The molecule has 0 radical (unpaired) electrons. The second-order valence-corrected chi connectivity index (χ2v) is 8.48. The molecule has 2 aromatic rings. The highest BCUT2D eigenvalue weighted by molar-refractivity contribution is 7.84. The van der Waals surface area contributed by atoms with E-state index < -0.39 is 10.8 Å². The summed E-state index contributed by atoms with van der Waals surface area (Å²) in [7, 11) is -1.31. The summed E-state index contributed by atoms with van der Waals surface area (Å²) in [6.07, 6.45) is 3.07. The molecule has 6 heteroatoms. The Morgan fingerprint density at radius 3 is 2.18 bits per heavy atom. The minimum Gasteiger partial charge on any atom is -0.339 e. The molecule has 148 valence electrons. The first-order valence-electron chi connectivity index (χ1n) is 9.67. The van der Waals surface area contributed by atoms with E-state index in [0.717, 1.165) is 37.9 Å². The van der Waals surface area contributed by atoms with Crippen molar-refractivity contribution in [1.82, 2.24) is 4.90 Å². The number of hydrogen-bond donors (Lipinski definition) is 1. The molecule has 1 fully saturated rings. The lowest BCUT2D eigenvalue weighted by atomic mass is 10.1. The van der Waals surface area contributed by atoms with Gasteiger partial charge in [0.25, 0.3) is 5.91 Å².